The van der Waals surface area contributed by atoms with Crippen LogP contribution < -0.4 is 0 Å². The van der Waals surface area contributed by atoms with Crippen molar-refractivity contribution in [2.75, 3.05) is 0 Å². The molecule has 2 aromatic carbocycles. The highest BCUT2D eigenvalue weighted by atomic mass is 16.4. The first-order chi connectivity index (χ1) is 13.8. The van der Waals surface area contributed by atoms with Crippen LogP contribution in [0.15, 0.2) is 59.0 Å². The van der Waals surface area contributed by atoms with Crippen LogP contribution in [-0.4, -0.2) is 27.0 Å². The third kappa shape index (κ3) is 3.33. The molecule has 1 aromatic heterocycles. The number of aryl methyl sites for hydroxylation is 2. The maximum atomic E-state index is 13.1. The number of amides is 1. The van der Waals surface area contributed by atoms with Gasteiger partial charge in [0, 0.05) is 24.4 Å². The first-order valence-electron chi connectivity index (χ1n) is 10.1. The van der Waals surface area contributed by atoms with Gasteiger partial charge in [-0.05, 0) is 48.9 Å². The molecule has 0 radical (unpaired) electrons. The molecule has 5 nitrogen and oxygen atoms in total. The molecule has 5 heteroatoms. The number of hydrogen-bond acceptors (Lipinski definition) is 4. The molecule has 1 heterocycles. The van der Waals surface area contributed by atoms with Crippen molar-refractivity contribution < 1.29 is 9.21 Å². The van der Waals surface area contributed by atoms with Crippen LogP contribution in [0, 0.1) is 0 Å². The molecule has 3 aromatic rings. The summed E-state index contributed by atoms with van der Waals surface area (Å²) in [6.07, 6.45) is 5.20. The van der Waals surface area contributed by atoms with Crippen molar-refractivity contribution in [3.8, 4) is 11.5 Å². The maximum Gasteiger partial charge on any atom is 0.247 e. The van der Waals surface area contributed by atoms with Gasteiger partial charge >= 0.3 is 0 Å². The summed E-state index contributed by atoms with van der Waals surface area (Å²) in [5.74, 6) is 1.23. The molecular weight excluding hydrogens is 350 g/mol. The maximum absolute atomic E-state index is 13.1. The van der Waals surface area contributed by atoms with Crippen molar-refractivity contribution in [1.82, 2.24) is 15.1 Å². The van der Waals surface area contributed by atoms with Crippen molar-refractivity contribution in [3.63, 3.8) is 0 Å². The van der Waals surface area contributed by atoms with E-state index in [1.807, 2.05) is 30.3 Å². The summed E-state index contributed by atoms with van der Waals surface area (Å²) in [4.78, 5) is 15.2. The number of carbonyl (C=O) groups excluding carboxylic acids is 1. The molecular formula is C23H23N3O2. The van der Waals surface area contributed by atoms with Crippen molar-refractivity contribution in [2.24, 2.45) is 0 Å². The lowest BCUT2D eigenvalue weighted by atomic mass is 10.1. The summed E-state index contributed by atoms with van der Waals surface area (Å²) in [7, 11) is 0. The summed E-state index contributed by atoms with van der Waals surface area (Å²) in [5.41, 5.74) is 3.61. The van der Waals surface area contributed by atoms with Crippen LogP contribution in [0.3, 0.4) is 0 Å². The van der Waals surface area contributed by atoms with E-state index >= 15 is 0 Å². The number of fused-ring (bicyclic) bond motifs is 1. The van der Waals surface area contributed by atoms with Gasteiger partial charge < -0.3 is 9.32 Å². The molecule has 2 aliphatic carbocycles. The summed E-state index contributed by atoms with van der Waals surface area (Å²) >= 11 is 0. The Balaban J connectivity index is 1.28. The lowest BCUT2D eigenvalue weighted by Crippen LogP contribution is -2.36. The minimum atomic E-state index is 0.198. The van der Waals surface area contributed by atoms with Crippen molar-refractivity contribution in [3.05, 3.63) is 71.6 Å². The molecule has 28 heavy (non-hydrogen) atoms. The lowest BCUT2D eigenvalue weighted by Gasteiger charge is -2.30. The van der Waals surface area contributed by atoms with Gasteiger partial charge in [0.15, 0.2) is 0 Å². The summed E-state index contributed by atoms with van der Waals surface area (Å²) in [6, 6.07) is 18.9. The van der Waals surface area contributed by atoms with Gasteiger partial charge in [-0.3, -0.25) is 4.79 Å². The van der Waals surface area contributed by atoms with Gasteiger partial charge in [-0.2, -0.15) is 0 Å². The highest BCUT2D eigenvalue weighted by Crippen LogP contribution is 2.42. The van der Waals surface area contributed by atoms with E-state index in [1.54, 1.807) is 0 Å². The topological polar surface area (TPSA) is 59.2 Å². The number of hydrogen-bond donors (Lipinski definition) is 0. The molecule has 5 rings (SSSR count). The lowest BCUT2D eigenvalue weighted by molar-refractivity contribution is -0.134. The predicted molar refractivity (Wildman–Crippen MR) is 105 cm³/mol. The van der Waals surface area contributed by atoms with Gasteiger partial charge in [0.25, 0.3) is 0 Å². The third-order valence-corrected chi connectivity index (χ3v) is 5.71. The van der Waals surface area contributed by atoms with E-state index in [9.17, 15) is 4.79 Å². The Morgan fingerprint density at radius 2 is 1.79 bits per heavy atom. The average molecular weight is 373 g/mol. The second kappa shape index (κ2) is 7.23. The molecule has 1 atom stereocenters. The monoisotopic (exact) mass is 373 g/mol. The fourth-order valence-electron chi connectivity index (χ4n) is 4.20. The SMILES string of the molecule is O=C(CCc1nnc(-c2ccccc2)o1)N(C1CC1)[C@H]1CCc2ccccc21. The third-order valence-electron chi connectivity index (χ3n) is 5.71. The molecule has 1 saturated carbocycles. The van der Waals surface area contributed by atoms with E-state index in [0.29, 0.717) is 30.7 Å². The summed E-state index contributed by atoms with van der Waals surface area (Å²) < 4.78 is 5.76. The molecule has 0 unspecified atom stereocenters. The molecule has 1 amide bonds. The Morgan fingerprint density at radius 1 is 1.00 bits per heavy atom. The highest BCUT2D eigenvalue weighted by molar-refractivity contribution is 5.78. The van der Waals surface area contributed by atoms with Gasteiger partial charge in [0.2, 0.25) is 17.7 Å². The molecule has 0 bridgehead atoms. The van der Waals surface area contributed by atoms with Gasteiger partial charge in [-0.15, -0.1) is 10.2 Å². The van der Waals surface area contributed by atoms with Crippen LogP contribution in [0.5, 0.6) is 0 Å². The molecule has 0 saturated heterocycles. The zero-order chi connectivity index (χ0) is 18.9. The summed E-state index contributed by atoms with van der Waals surface area (Å²) in [5, 5.41) is 8.25. The Bertz CT molecular complexity index is 978. The van der Waals surface area contributed by atoms with E-state index in [4.69, 9.17) is 4.42 Å². The van der Waals surface area contributed by atoms with Crippen molar-refractivity contribution in [2.45, 2.75) is 50.6 Å². The van der Waals surface area contributed by atoms with E-state index in [1.165, 1.54) is 11.1 Å². The molecule has 0 spiro atoms. The highest BCUT2D eigenvalue weighted by Gasteiger charge is 2.40. The van der Waals surface area contributed by atoms with Gasteiger partial charge in [-0.1, -0.05) is 42.5 Å². The fourth-order valence-corrected chi connectivity index (χ4v) is 4.20. The quantitative estimate of drug-likeness (QED) is 0.645. The number of benzene rings is 2. The first-order valence-corrected chi connectivity index (χ1v) is 10.1. The largest absolute Gasteiger partial charge is 0.421 e. The number of rotatable bonds is 6. The zero-order valence-electron chi connectivity index (χ0n) is 15.8. The first kappa shape index (κ1) is 17.2. The Hall–Kier alpha value is -2.95. The van der Waals surface area contributed by atoms with Crippen LogP contribution in [0.1, 0.15) is 48.7 Å². The molecule has 0 N–H and O–H groups in total. The zero-order valence-corrected chi connectivity index (χ0v) is 15.8. The average Bonchev–Trinajstić information content (AvgIpc) is 3.30. The minimum absolute atomic E-state index is 0.198. The Morgan fingerprint density at radius 3 is 2.61 bits per heavy atom. The fraction of sp³-hybridized carbons (Fsp3) is 0.348. The standard InChI is InChI=1S/C23H23N3O2/c27-22(15-14-21-24-25-23(28-21)17-7-2-1-3-8-17)26(18-11-12-18)20-13-10-16-6-4-5-9-19(16)20/h1-9,18,20H,10-15H2/t20-/m0/s1. The van der Waals surface area contributed by atoms with Gasteiger partial charge in [0.05, 0.1) is 6.04 Å². The smallest absolute Gasteiger partial charge is 0.247 e. The van der Waals surface area contributed by atoms with Crippen LogP contribution in [-0.2, 0) is 17.6 Å². The number of carbonyl (C=O) groups is 1. The summed E-state index contributed by atoms with van der Waals surface area (Å²) in [6.45, 7) is 0. The second-order valence-electron chi connectivity index (χ2n) is 7.65. The Kier molecular flexibility index (Phi) is 4.43. The normalized spacial score (nSPS) is 18.1. The molecule has 0 aliphatic heterocycles. The number of nitrogens with zero attached hydrogens (tertiary/aromatic N) is 3. The molecule has 2 aliphatic rings. The van der Waals surface area contributed by atoms with Crippen LogP contribution in [0.25, 0.3) is 11.5 Å². The van der Waals surface area contributed by atoms with E-state index in [-0.39, 0.29) is 11.9 Å². The second-order valence-corrected chi connectivity index (χ2v) is 7.65. The van der Waals surface area contributed by atoms with Crippen LogP contribution in [0.4, 0.5) is 0 Å². The molecule has 1 fully saturated rings. The van der Waals surface area contributed by atoms with E-state index < -0.39 is 0 Å². The predicted octanol–water partition coefficient (Wildman–Crippen LogP) is 4.35. The van der Waals surface area contributed by atoms with Crippen molar-refractivity contribution in [1.29, 1.82) is 0 Å². The van der Waals surface area contributed by atoms with Crippen molar-refractivity contribution >= 4 is 5.91 Å². The van der Waals surface area contributed by atoms with Gasteiger partial charge in [-0.25, -0.2) is 0 Å². The van der Waals surface area contributed by atoms with Crippen LogP contribution in [0.2, 0.25) is 0 Å². The Labute approximate surface area is 164 Å². The van der Waals surface area contributed by atoms with Gasteiger partial charge in [0.1, 0.15) is 0 Å². The van der Waals surface area contributed by atoms with E-state index in [0.717, 1.165) is 31.2 Å². The minimum Gasteiger partial charge on any atom is -0.421 e. The van der Waals surface area contributed by atoms with Crippen LogP contribution >= 0.6 is 0 Å². The number of aromatic nitrogens is 2. The van der Waals surface area contributed by atoms with E-state index in [2.05, 4.69) is 39.4 Å². The molecule has 142 valence electrons.